The number of anilines is 2. The summed E-state index contributed by atoms with van der Waals surface area (Å²) in [4.78, 5) is 12.7. The second kappa shape index (κ2) is 5.39. The van der Waals surface area contributed by atoms with E-state index in [0.29, 0.717) is 6.54 Å². The van der Waals surface area contributed by atoms with Gasteiger partial charge < -0.3 is 15.3 Å². The van der Waals surface area contributed by atoms with Gasteiger partial charge in [0.15, 0.2) is 0 Å². The van der Waals surface area contributed by atoms with Gasteiger partial charge in [-0.3, -0.25) is 4.79 Å². The molecule has 1 atom stereocenters. The third-order valence-corrected chi connectivity index (χ3v) is 2.41. The molecule has 88 valence electrons. The second-order valence-electron chi connectivity index (χ2n) is 4.03. The van der Waals surface area contributed by atoms with E-state index in [2.05, 4.69) is 5.32 Å². The van der Waals surface area contributed by atoms with Gasteiger partial charge in [-0.25, -0.2) is 0 Å². The number of nitrogens with zero attached hydrogens (tertiary/aromatic N) is 1. The smallest absolute Gasteiger partial charge is 0.308 e. The highest BCUT2D eigenvalue weighted by molar-refractivity contribution is 5.72. The maximum atomic E-state index is 10.7. The first-order chi connectivity index (χ1) is 7.52. The predicted octanol–water partition coefficient (Wildman–Crippen LogP) is 1.89. The predicted molar refractivity (Wildman–Crippen MR) is 66.1 cm³/mol. The van der Waals surface area contributed by atoms with Crippen molar-refractivity contribution in [3.8, 4) is 0 Å². The van der Waals surface area contributed by atoms with Crippen LogP contribution in [0.1, 0.15) is 6.92 Å². The summed E-state index contributed by atoms with van der Waals surface area (Å²) in [6.07, 6.45) is 0. The summed E-state index contributed by atoms with van der Waals surface area (Å²) < 4.78 is 0. The van der Waals surface area contributed by atoms with Crippen LogP contribution in [0.3, 0.4) is 0 Å². The minimum absolute atomic E-state index is 0.393. The van der Waals surface area contributed by atoms with E-state index in [4.69, 9.17) is 5.11 Å². The molecule has 1 aromatic carbocycles. The number of benzene rings is 1. The van der Waals surface area contributed by atoms with Crippen LogP contribution in [0, 0.1) is 5.92 Å². The number of carboxylic acids is 1. The second-order valence-corrected chi connectivity index (χ2v) is 4.03. The van der Waals surface area contributed by atoms with Crippen molar-refractivity contribution in [3.05, 3.63) is 24.3 Å². The highest BCUT2D eigenvalue weighted by atomic mass is 16.4. The standard InChI is InChI=1S/C12H18N2O2/c1-9(12(15)16)8-13-10-6-4-5-7-11(10)14(2)3/h4-7,9,13H,8H2,1-3H3,(H,15,16). The van der Waals surface area contributed by atoms with Crippen LogP contribution in [0.2, 0.25) is 0 Å². The van der Waals surface area contributed by atoms with E-state index in [-0.39, 0.29) is 0 Å². The molecule has 0 saturated heterocycles. The third-order valence-electron chi connectivity index (χ3n) is 2.41. The first kappa shape index (κ1) is 12.4. The number of carbonyl (C=O) groups is 1. The van der Waals surface area contributed by atoms with Gasteiger partial charge in [0.1, 0.15) is 0 Å². The Morgan fingerprint density at radius 2 is 2.06 bits per heavy atom. The Bertz CT molecular complexity index is 364. The molecule has 0 bridgehead atoms. The van der Waals surface area contributed by atoms with E-state index in [9.17, 15) is 4.79 Å². The highest BCUT2D eigenvalue weighted by Gasteiger charge is 2.11. The van der Waals surface area contributed by atoms with E-state index in [1.54, 1.807) is 6.92 Å². The lowest BCUT2D eigenvalue weighted by Crippen LogP contribution is -2.21. The monoisotopic (exact) mass is 222 g/mol. The van der Waals surface area contributed by atoms with Crippen molar-refractivity contribution in [2.24, 2.45) is 5.92 Å². The summed E-state index contributed by atoms with van der Waals surface area (Å²) in [7, 11) is 3.92. The van der Waals surface area contributed by atoms with Crippen molar-refractivity contribution in [1.82, 2.24) is 0 Å². The Morgan fingerprint density at radius 3 is 2.62 bits per heavy atom. The zero-order valence-electron chi connectivity index (χ0n) is 9.90. The van der Waals surface area contributed by atoms with E-state index < -0.39 is 11.9 Å². The van der Waals surface area contributed by atoms with Crippen molar-refractivity contribution in [2.45, 2.75) is 6.92 Å². The summed E-state index contributed by atoms with van der Waals surface area (Å²) in [5, 5.41) is 11.9. The lowest BCUT2D eigenvalue weighted by molar-refractivity contribution is -0.140. The summed E-state index contributed by atoms with van der Waals surface area (Å²) in [5.74, 6) is -1.18. The van der Waals surface area contributed by atoms with Gasteiger partial charge >= 0.3 is 5.97 Å². The summed E-state index contributed by atoms with van der Waals surface area (Å²) in [6, 6.07) is 7.83. The van der Waals surface area contributed by atoms with Crippen molar-refractivity contribution < 1.29 is 9.90 Å². The summed E-state index contributed by atoms with van der Waals surface area (Å²) in [6.45, 7) is 2.12. The van der Waals surface area contributed by atoms with Crippen LogP contribution in [0.5, 0.6) is 0 Å². The van der Waals surface area contributed by atoms with Crippen molar-refractivity contribution in [1.29, 1.82) is 0 Å². The molecule has 0 heterocycles. The van der Waals surface area contributed by atoms with Gasteiger partial charge in [0.05, 0.1) is 17.3 Å². The number of hydrogen-bond acceptors (Lipinski definition) is 3. The molecule has 1 aromatic rings. The molecule has 0 saturated carbocycles. The van der Waals surface area contributed by atoms with Gasteiger partial charge in [0.2, 0.25) is 0 Å². The van der Waals surface area contributed by atoms with Gasteiger partial charge in [-0.15, -0.1) is 0 Å². The zero-order valence-corrected chi connectivity index (χ0v) is 9.90. The average Bonchev–Trinajstić information content (AvgIpc) is 2.25. The molecular formula is C12H18N2O2. The molecule has 16 heavy (non-hydrogen) atoms. The third kappa shape index (κ3) is 3.15. The number of aliphatic carboxylic acids is 1. The quantitative estimate of drug-likeness (QED) is 0.798. The van der Waals surface area contributed by atoms with Crippen LogP contribution in [0.25, 0.3) is 0 Å². The SMILES string of the molecule is CC(CNc1ccccc1N(C)C)C(=O)O. The van der Waals surface area contributed by atoms with Gasteiger partial charge in [0, 0.05) is 20.6 Å². The van der Waals surface area contributed by atoms with Crippen molar-refractivity contribution in [3.63, 3.8) is 0 Å². The van der Waals surface area contributed by atoms with Crippen LogP contribution < -0.4 is 10.2 Å². The molecule has 2 N–H and O–H groups in total. The normalized spacial score (nSPS) is 11.9. The summed E-state index contributed by atoms with van der Waals surface area (Å²) in [5.41, 5.74) is 2.01. The molecule has 0 aliphatic carbocycles. The summed E-state index contributed by atoms with van der Waals surface area (Å²) >= 11 is 0. The molecule has 1 unspecified atom stereocenters. The molecular weight excluding hydrogens is 204 g/mol. The molecule has 0 amide bonds. The van der Waals surface area contributed by atoms with E-state index in [1.165, 1.54) is 0 Å². The largest absolute Gasteiger partial charge is 0.481 e. The van der Waals surface area contributed by atoms with Gasteiger partial charge in [-0.2, -0.15) is 0 Å². The molecule has 0 fully saturated rings. The van der Waals surface area contributed by atoms with Crippen LogP contribution in [-0.2, 0) is 4.79 Å². The number of rotatable bonds is 5. The molecule has 0 spiro atoms. The minimum Gasteiger partial charge on any atom is -0.481 e. The minimum atomic E-state index is -0.783. The van der Waals surface area contributed by atoms with Crippen LogP contribution in [0.15, 0.2) is 24.3 Å². The fourth-order valence-electron chi connectivity index (χ4n) is 1.36. The Hall–Kier alpha value is -1.71. The Labute approximate surface area is 95.9 Å². The van der Waals surface area contributed by atoms with E-state index in [1.807, 2.05) is 43.3 Å². The molecule has 4 heteroatoms. The molecule has 1 rings (SSSR count). The topological polar surface area (TPSA) is 52.6 Å². The lowest BCUT2D eigenvalue weighted by Gasteiger charge is -2.19. The first-order valence-electron chi connectivity index (χ1n) is 5.25. The number of hydrogen-bond donors (Lipinski definition) is 2. The van der Waals surface area contributed by atoms with Crippen LogP contribution in [-0.4, -0.2) is 31.7 Å². The number of nitrogens with one attached hydrogen (secondary N) is 1. The molecule has 0 aliphatic rings. The highest BCUT2D eigenvalue weighted by Crippen LogP contribution is 2.23. The first-order valence-corrected chi connectivity index (χ1v) is 5.25. The molecule has 0 aliphatic heterocycles. The Morgan fingerprint density at radius 1 is 1.44 bits per heavy atom. The van der Waals surface area contributed by atoms with Crippen LogP contribution >= 0.6 is 0 Å². The van der Waals surface area contributed by atoms with Gasteiger partial charge in [-0.05, 0) is 12.1 Å². The molecule has 0 aromatic heterocycles. The fraction of sp³-hybridized carbons (Fsp3) is 0.417. The van der Waals surface area contributed by atoms with E-state index >= 15 is 0 Å². The molecule has 4 nitrogen and oxygen atoms in total. The number of para-hydroxylation sites is 2. The van der Waals surface area contributed by atoms with Crippen molar-refractivity contribution >= 4 is 17.3 Å². The molecule has 0 radical (unpaired) electrons. The maximum Gasteiger partial charge on any atom is 0.308 e. The van der Waals surface area contributed by atoms with Gasteiger partial charge in [-0.1, -0.05) is 19.1 Å². The Balaban J connectivity index is 2.70. The zero-order chi connectivity index (χ0) is 12.1. The average molecular weight is 222 g/mol. The van der Waals surface area contributed by atoms with Gasteiger partial charge in [0.25, 0.3) is 0 Å². The lowest BCUT2D eigenvalue weighted by atomic mass is 10.1. The fourth-order valence-corrected chi connectivity index (χ4v) is 1.36. The maximum absolute atomic E-state index is 10.7. The van der Waals surface area contributed by atoms with Crippen LogP contribution in [0.4, 0.5) is 11.4 Å². The number of carboxylic acid groups (broad SMARTS) is 1. The van der Waals surface area contributed by atoms with E-state index in [0.717, 1.165) is 11.4 Å². The van der Waals surface area contributed by atoms with Crippen molar-refractivity contribution in [2.75, 3.05) is 30.9 Å². The Kier molecular flexibility index (Phi) is 4.17.